The smallest absolute Gasteiger partial charge is 0.305 e. The number of thiocarbonyl (C=S) groups is 1. The van der Waals surface area contributed by atoms with Crippen LogP contribution < -0.4 is 4.74 Å². The first kappa shape index (κ1) is 23.7. The fourth-order valence-corrected chi connectivity index (χ4v) is 4.65. The number of hydrogen-bond donors (Lipinski definition) is 1. The second-order valence-electron chi connectivity index (χ2n) is 7.53. The van der Waals surface area contributed by atoms with Gasteiger partial charge in [-0.3, -0.25) is 14.5 Å². The van der Waals surface area contributed by atoms with E-state index < -0.39 is 5.97 Å². The van der Waals surface area contributed by atoms with Crippen LogP contribution in [-0.4, -0.2) is 44.3 Å². The van der Waals surface area contributed by atoms with Crippen molar-refractivity contribution in [3.05, 3.63) is 76.5 Å². The molecule has 0 radical (unpaired) electrons. The van der Waals surface area contributed by atoms with Crippen molar-refractivity contribution in [2.45, 2.75) is 19.8 Å². The summed E-state index contributed by atoms with van der Waals surface area (Å²) < 4.78 is 12.0. The molecule has 1 fully saturated rings. The summed E-state index contributed by atoms with van der Waals surface area (Å²) in [5.41, 5.74) is 2.62. The van der Waals surface area contributed by atoms with Gasteiger partial charge in [-0.2, -0.15) is 0 Å². The minimum absolute atomic E-state index is 0.0714. The number of carbonyl (C=O) groups excluding carboxylic acids is 1. The van der Waals surface area contributed by atoms with E-state index in [1.54, 1.807) is 6.08 Å². The molecule has 1 aliphatic heterocycles. The molecule has 34 heavy (non-hydrogen) atoms. The van der Waals surface area contributed by atoms with E-state index in [0.29, 0.717) is 33.9 Å². The fraction of sp³-hybridized carbons (Fsp3) is 0.200. The van der Waals surface area contributed by atoms with Gasteiger partial charge in [-0.05, 0) is 42.8 Å². The van der Waals surface area contributed by atoms with Crippen LogP contribution in [0.4, 0.5) is 0 Å². The highest BCUT2D eigenvalue weighted by molar-refractivity contribution is 8.26. The van der Waals surface area contributed by atoms with Crippen molar-refractivity contribution in [3.63, 3.8) is 0 Å². The van der Waals surface area contributed by atoms with Crippen LogP contribution in [0.25, 0.3) is 17.5 Å². The standard InChI is InChI=1S/C25H22N2O5S2/c1-16-20(26-23(32-16)18-5-3-2-4-6-18)12-14-31-19-9-7-17(8-10-19)15-21-24(30)27(25(33)34-21)13-11-22(28)29/h2-10,15H,11-14H2,1H3,(H,28,29)/b21-15-. The number of thioether (sulfide) groups is 1. The minimum Gasteiger partial charge on any atom is -0.493 e. The molecule has 2 heterocycles. The molecule has 0 atom stereocenters. The molecule has 1 N–H and O–H groups in total. The van der Waals surface area contributed by atoms with Crippen LogP contribution in [0.1, 0.15) is 23.4 Å². The highest BCUT2D eigenvalue weighted by Crippen LogP contribution is 2.33. The quantitative estimate of drug-likeness (QED) is 0.330. The highest BCUT2D eigenvalue weighted by Gasteiger charge is 2.32. The predicted octanol–water partition coefficient (Wildman–Crippen LogP) is 4.95. The van der Waals surface area contributed by atoms with Gasteiger partial charge in [0.05, 0.1) is 23.6 Å². The summed E-state index contributed by atoms with van der Waals surface area (Å²) in [5, 5.41) is 8.84. The van der Waals surface area contributed by atoms with E-state index in [4.69, 9.17) is 26.5 Å². The molecule has 2 aromatic carbocycles. The van der Waals surface area contributed by atoms with Crippen LogP contribution in [-0.2, 0) is 16.0 Å². The lowest BCUT2D eigenvalue weighted by atomic mass is 10.2. The Morgan fingerprint density at radius 3 is 2.65 bits per heavy atom. The Hall–Kier alpha value is -3.43. The summed E-state index contributed by atoms with van der Waals surface area (Å²) in [6.07, 6.45) is 2.21. The Kier molecular flexibility index (Phi) is 7.44. The number of amides is 1. The zero-order valence-electron chi connectivity index (χ0n) is 18.4. The molecule has 1 aliphatic rings. The van der Waals surface area contributed by atoms with Gasteiger partial charge in [-0.1, -0.05) is 54.3 Å². The molecular formula is C25H22N2O5S2. The van der Waals surface area contributed by atoms with Crippen molar-refractivity contribution in [2.24, 2.45) is 0 Å². The number of nitrogens with zero attached hydrogens (tertiary/aromatic N) is 2. The third-order valence-corrected chi connectivity index (χ3v) is 6.50. The zero-order valence-corrected chi connectivity index (χ0v) is 20.0. The van der Waals surface area contributed by atoms with E-state index in [1.807, 2.05) is 61.5 Å². The maximum atomic E-state index is 12.5. The average molecular weight is 495 g/mol. The first-order chi connectivity index (χ1) is 16.4. The second kappa shape index (κ2) is 10.7. The lowest BCUT2D eigenvalue weighted by Crippen LogP contribution is -2.30. The zero-order chi connectivity index (χ0) is 24.1. The SMILES string of the molecule is Cc1oc(-c2ccccc2)nc1CCOc1ccc(/C=C2\SC(=S)N(CCC(=O)O)C2=O)cc1. The maximum absolute atomic E-state index is 12.5. The van der Waals surface area contributed by atoms with Gasteiger partial charge >= 0.3 is 5.97 Å². The Labute approximate surface area is 206 Å². The molecule has 174 valence electrons. The monoisotopic (exact) mass is 494 g/mol. The normalized spacial score (nSPS) is 14.7. The van der Waals surface area contributed by atoms with Crippen molar-refractivity contribution in [1.29, 1.82) is 0 Å². The lowest BCUT2D eigenvalue weighted by Gasteiger charge is -2.12. The first-order valence-corrected chi connectivity index (χ1v) is 11.8. The molecule has 0 unspecified atom stereocenters. The van der Waals surface area contributed by atoms with Crippen LogP contribution in [0.5, 0.6) is 5.75 Å². The third-order valence-electron chi connectivity index (χ3n) is 5.12. The van der Waals surface area contributed by atoms with Crippen LogP contribution in [0.2, 0.25) is 0 Å². The number of ether oxygens (including phenoxy) is 1. The van der Waals surface area contributed by atoms with Gasteiger partial charge in [-0.25, -0.2) is 4.98 Å². The molecule has 4 rings (SSSR count). The number of carbonyl (C=O) groups is 2. The van der Waals surface area contributed by atoms with Crippen molar-refractivity contribution < 1.29 is 23.8 Å². The molecule has 0 bridgehead atoms. The summed E-state index contributed by atoms with van der Waals surface area (Å²) in [6, 6.07) is 17.1. The molecular weight excluding hydrogens is 472 g/mol. The number of carboxylic acids is 1. The van der Waals surface area contributed by atoms with E-state index in [1.165, 1.54) is 16.7 Å². The van der Waals surface area contributed by atoms with Crippen molar-refractivity contribution in [2.75, 3.05) is 13.2 Å². The van der Waals surface area contributed by atoms with Crippen LogP contribution >= 0.6 is 24.0 Å². The Balaban J connectivity index is 1.32. The fourth-order valence-electron chi connectivity index (χ4n) is 3.34. The van der Waals surface area contributed by atoms with Crippen LogP contribution in [0.3, 0.4) is 0 Å². The Morgan fingerprint density at radius 1 is 1.21 bits per heavy atom. The molecule has 3 aromatic rings. The number of aliphatic carboxylic acids is 1. The van der Waals surface area contributed by atoms with Crippen molar-refractivity contribution in [3.8, 4) is 17.2 Å². The Morgan fingerprint density at radius 2 is 1.94 bits per heavy atom. The number of benzene rings is 2. The third kappa shape index (κ3) is 5.73. The Bertz CT molecular complexity index is 1240. The number of aromatic nitrogens is 1. The first-order valence-electron chi connectivity index (χ1n) is 10.6. The van der Waals surface area contributed by atoms with Gasteiger partial charge in [0, 0.05) is 18.5 Å². The minimum atomic E-state index is -0.969. The van der Waals surface area contributed by atoms with Gasteiger partial charge in [-0.15, -0.1) is 0 Å². The highest BCUT2D eigenvalue weighted by atomic mass is 32.2. The predicted molar refractivity (Wildman–Crippen MR) is 134 cm³/mol. The number of carboxylic acid groups (broad SMARTS) is 1. The largest absolute Gasteiger partial charge is 0.493 e. The number of oxazole rings is 1. The van der Waals surface area contributed by atoms with Crippen molar-refractivity contribution in [1.82, 2.24) is 9.88 Å². The van der Waals surface area contributed by atoms with E-state index in [0.717, 1.165) is 22.6 Å². The van der Waals surface area contributed by atoms with Gasteiger partial charge in [0.25, 0.3) is 5.91 Å². The summed E-state index contributed by atoms with van der Waals surface area (Å²) >= 11 is 6.39. The van der Waals surface area contributed by atoms with E-state index in [9.17, 15) is 9.59 Å². The molecule has 9 heteroatoms. The molecule has 0 aliphatic carbocycles. The summed E-state index contributed by atoms with van der Waals surface area (Å²) in [6.45, 7) is 2.42. The molecule has 1 saturated heterocycles. The molecule has 1 amide bonds. The van der Waals surface area contributed by atoms with E-state index >= 15 is 0 Å². The summed E-state index contributed by atoms with van der Waals surface area (Å²) in [7, 11) is 0. The number of rotatable bonds is 9. The van der Waals surface area contributed by atoms with Gasteiger partial charge in [0.1, 0.15) is 15.8 Å². The van der Waals surface area contributed by atoms with Gasteiger partial charge in [0.2, 0.25) is 5.89 Å². The van der Waals surface area contributed by atoms with Crippen LogP contribution in [0, 0.1) is 6.92 Å². The summed E-state index contributed by atoms with van der Waals surface area (Å²) in [5.74, 6) is 0.846. The molecule has 1 aromatic heterocycles. The van der Waals surface area contributed by atoms with Gasteiger partial charge in [0.15, 0.2) is 0 Å². The number of aryl methyl sites for hydroxylation is 1. The average Bonchev–Trinajstić information content (AvgIpc) is 3.32. The molecule has 7 nitrogen and oxygen atoms in total. The van der Waals surface area contributed by atoms with Crippen molar-refractivity contribution >= 4 is 46.3 Å². The van der Waals surface area contributed by atoms with Crippen LogP contribution in [0.15, 0.2) is 63.9 Å². The molecule has 0 saturated carbocycles. The molecule has 0 spiro atoms. The lowest BCUT2D eigenvalue weighted by molar-refractivity contribution is -0.137. The maximum Gasteiger partial charge on any atom is 0.305 e. The van der Waals surface area contributed by atoms with Gasteiger partial charge < -0.3 is 14.3 Å². The summed E-state index contributed by atoms with van der Waals surface area (Å²) in [4.78, 5) is 29.7. The second-order valence-corrected chi connectivity index (χ2v) is 9.21. The van der Waals surface area contributed by atoms with E-state index in [2.05, 4.69) is 4.98 Å². The van der Waals surface area contributed by atoms with E-state index in [-0.39, 0.29) is 18.9 Å². The topological polar surface area (TPSA) is 92.9 Å². The number of hydrogen-bond acceptors (Lipinski definition) is 7.